The topological polar surface area (TPSA) is 89.6 Å². The van der Waals surface area contributed by atoms with Gasteiger partial charge in [-0.3, -0.25) is 10.1 Å². The van der Waals surface area contributed by atoms with Crippen molar-refractivity contribution < 1.29 is 14.2 Å². The molecule has 1 N–H and O–H groups in total. The molecule has 1 amide bonds. The van der Waals surface area contributed by atoms with E-state index in [0.29, 0.717) is 12.2 Å². The first-order valence-electron chi connectivity index (χ1n) is 6.11. The van der Waals surface area contributed by atoms with Crippen molar-refractivity contribution in [2.45, 2.75) is 19.4 Å². The fourth-order valence-electron chi connectivity index (χ4n) is 1.85. The van der Waals surface area contributed by atoms with Crippen LogP contribution in [0, 0.1) is 6.92 Å². The Labute approximate surface area is 114 Å². The summed E-state index contributed by atoms with van der Waals surface area (Å²) in [7, 11) is 0. The van der Waals surface area contributed by atoms with Crippen molar-refractivity contribution in [1.82, 2.24) is 10.1 Å². The van der Waals surface area contributed by atoms with Gasteiger partial charge in [0.05, 0.1) is 5.71 Å². The molecule has 7 nitrogen and oxygen atoms in total. The maximum absolute atomic E-state index is 12.0. The number of nitrogens with one attached hydrogen (secondary N) is 1. The second kappa shape index (κ2) is 5.12. The average molecular weight is 272 g/mol. The molecule has 0 radical (unpaired) electrons. The number of aromatic nitrogens is 2. The van der Waals surface area contributed by atoms with Crippen molar-refractivity contribution in [1.29, 1.82) is 0 Å². The number of oxime groups is 1. The van der Waals surface area contributed by atoms with E-state index in [4.69, 9.17) is 9.36 Å². The van der Waals surface area contributed by atoms with Gasteiger partial charge in [-0.15, -0.1) is 0 Å². The summed E-state index contributed by atoms with van der Waals surface area (Å²) in [5.74, 6) is 0.0946. The summed E-state index contributed by atoms with van der Waals surface area (Å²) in [4.78, 5) is 21.0. The molecule has 1 atom stereocenters. The highest BCUT2D eigenvalue weighted by atomic mass is 16.6. The highest BCUT2D eigenvalue weighted by Crippen LogP contribution is 2.17. The van der Waals surface area contributed by atoms with Crippen LogP contribution in [0.3, 0.4) is 0 Å². The number of rotatable bonds is 3. The van der Waals surface area contributed by atoms with Crippen LogP contribution in [0.4, 0.5) is 6.01 Å². The minimum atomic E-state index is -0.683. The Bertz CT molecular complexity index is 651. The number of benzene rings is 1. The van der Waals surface area contributed by atoms with Gasteiger partial charge in [0.25, 0.3) is 5.91 Å². The van der Waals surface area contributed by atoms with E-state index in [1.165, 1.54) is 0 Å². The average Bonchev–Trinajstić information content (AvgIpc) is 3.09. The molecule has 1 aromatic carbocycles. The maximum atomic E-state index is 12.0. The SMILES string of the molecule is Cc1noc(NC(=O)[C@H]2CC(c3ccccc3)=NO2)n1. The normalized spacial score (nSPS) is 17.4. The molecule has 1 aliphatic heterocycles. The van der Waals surface area contributed by atoms with Crippen molar-refractivity contribution in [2.75, 3.05) is 5.32 Å². The monoisotopic (exact) mass is 272 g/mol. The second-order valence-corrected chi connectivity index (χ2v) is 4.34. The summed E-state index contributed by atoms with van der Waals surface area (Å²) in [6.07, 6.45) is -0.277. The molecule has 0 fully saturated rings. The minimum Gasteiger partial charge on any atom is -0.382 e. The molecular weight excluding hydrogens is 260 g/mol. The summed E-state index contributed by atoms with van der Waals surface area (Å²) in [5, 5.41) is 10.0. The first kappa shape index (κ1) is 12.3. The zero-order valence-electron chi connectivity index (χ0n) is 10.7. The van der Waals surface area contributed by atoms with Crippen molar-refractivity contribution in [3.8, 4) is 0 Å². The van der Waals surface area contributed by atoms with Crippen molar-refractivity contribution in [3.63, 3.8) is 0 Å². The molecule has 2 heterocycles. The molecule has 0 unspecified atom stereocenters. The van der Waals surface area contributed by atoms with E-state index in [9.17, 15) is 4.79 Å². The Morgan fingerprint density at radius 3 is 2.85 bits per heavy atom. The number of anilines is 1. The predicted molar refractivity (Wildman–Crippen MR) is 70.1 cm³/mol. The summed E-state index contributed by atoms with van der Waals surface area (Å²) < 4.78 is 4.82. The Hall–Kier alpha value is -2.70. The third-order valence-corrected chi connectivity index (χ3v) is 2.83. The number of hydrogen-bond acceptors (Lipinski definition) is 6. The van der Waals surface area contributed by atoms with Crippen LogP contribution >= 0.6 is 0 Å². The van der Waals surface area contributed by atoms with E-state index < -0.39 is 6.10 Å². The number of amides is 1. The van der Waals surface area contributed by atoms with E-state index in [1.807, 2.05) is 30.3 Å². The smallest absolute Gasteiger partial charge is 0.328 e. The van der Waals surface area contributed by atoms with Crippen LogP contribution in [-0.4, -0.2) is 27.9 Å². The fraction of sp³-hybridized carbons (Fsp3) is 0.231. The molecule has 3 rings (SSSR count). The Morgan fingerprint density at radius 1 is 1.35 bits per heavy atom. The van der Waals surface area contributed by atoms with E-state index >= 15 is 0 Å². The first-order chi connectivity index (χ1) is 9.72. The molecule has 0 bridgehead atoms. The van der Waals surface area contributed by atoms with Gasteiger partial charge < -0.3 is 9.36 Å². The van der Waals surface area contributed by atoms with E-state index in [-0.39, 0.29) is 11.9 Å². The van der Waals surface area contributed by atoms with E-state index in [0.717, 1.165) is 11.3 Å². The predicted octanol–water partition coefficient (Wildman–Crippen LogP) is 1.51. The zero-order valence-corrected chi connectivity index (χ0v) is 10.7. The van der Waals surface area contributed by atoms with Gasteiger partial charge in [0.15, 0.2) is 5.82 Å². The third kappa shape index (κ3) is 2.51. The maximum Gasteiger partial charge on any atom is 0.328 e. The van der Waals surface area contributed by atoms with Gasteiger partial charge in [0.2, 0.25) is 6.10 Å². The van der Waals surface area contributed by atoms with Gasteiger partial charge in [-0.05, 0) is 12.5 Å². The molecule has 7 heteroatoms. The van der Waals surface area contributed by atoms with Crippen LogP contribution in [-0.2, 0) is 9.63 Å². The lowest BCUT2D eigenvalue weighted by Crippen LogP contribution is -2.28. The molecule has 102 valence electrons. The largest absolute Gasteiger partial charge is 0.382 e. The van der Waals surface area contributed by atoms with Gasteiger partial charge in [-0.1, -0.05) is 40.6 Å². The van der Waals surface area contributed by atoms with Crippen LogP contribution in [0.5, 0.6) is 0 Å². The molecule has 1 aromatic heterocycles. The molecule has 1 aliphatic rings. The Morgan fingerprint density at radius 2 is 2.15 bits per heavy atom. The van der Waals surface area contributed by atoms with Crippen molar-refractivity contribution in [3.05, 3.63) is 41.7 Å². The number of hydrogen-bond donors (Lipinski definition) is 1. The standard InChI is InChI=1S/C13H12N4O3/c1-8-14-13(20-16-8)15-12(18)11-7-10(17-19-11)9-5-3-2-4-6-9/h2-6,11H,7H2,1H3,(H,14,15,16,18)/t11-/m1/s1. The molecule has 0 saturated carbocycles. The third-order valence-electron chi connectivity index (χ3n) is 2.83. The van der Waals surface area contributed by atoms with Crippen LogP contribution in [0.2, 0.25) is 0 Å². The van der Waals surface area contributed by atoms with Gasteiger partial charge in [0, 0.05) is 6.42 Å². The summed E-state index contributed by atoms with van der Waals surface area (Å²) in [6.45, 7) is 1.67. The second-order valence-electron chi connectivity index (χ2n) is 4.34. The first-order valence-corrected chi connectivity index (χ1v) is 6.11. The molecule has 0 aliphatic carbocycles. The van der Waals surface area contributed by atoms with E-state index in [1.54, 1.807) is 6.92 Å². The van der Waals surface area contributed by atoms with Crippen LogP contribution in [0.1, 0.15) is 17.8 Å². The van der Waals surface area contributed by atoms with Crippen LogP contribution < -0.4 is 5.32 Å². The Kier molecular flexibility index (Phi) is 3.16. The zero-order chi connectivity index (χ0) is 13.9. The molecule has 2 aromatic rings. The lowest BCUT2D eigenvalue weighted by Gasteiger charge is -2.05. The van der Waals surface area contributed by atoms with Gasteiger partial charge in [-0.25, -0.2) is 0 Å². The van der Waals surface area contributed by atoms with Gasteiger partial charge in [-0.2, -0.15) is 4.98 Å². The highest BCUT2D eigenvalue weighted by molar-refractivity contribution is 6.05. The number of aryl methyl sites for hydroxylation is 1. The summed E-state index contributed by atoms with van der Waals surface area (Å²) in [5.41, 5.74) is 1.68. The number of carbonyl (C=O) groups is 1. The van der Waals surface area contributed by atoms with Crippen LogP contribution in [0.25, 0.3) is 0 Å². The number of carbonyl (C=O) groups excluding carboxylic acids is 1. The molecule has 0 saturated heterocycles. The lowest BCUT2D eigenvalue weighted by atomic mass is 10.1. The molecule has 0 spiro atoms. The quantitative estimate of drug-likeness (QED) is 0.914. The van der Waals surface area contributed by atoms with Crippen molar-refractivity contribution >= 4 is 17.6 Å². The number of nitrogens with zero attached hydrogens (tertiary/aromatic N) is 3. The van der Waals surface area contributed by atoms with Crippen molar-refractivity contribution in [2.24, 2.45) is 5.16 Å². The van der Waals surface area contributed by atoms with Gasteiger partial charge >= 0.3 is 6.01 Å². The highest BCUT2D eigenvalue weighted by Gasteiger charge is 2.29. The summed E-state index contributed by atoms with van der Waals surface area (Å²) >= 11 is 0. The lowest BCUT2D eigenvalue weighted by molar-refractivity contribution is -0.125. The van der Waals surface area contributed by atoms with E-state index in [2.05, 4.69) is 20.6 Å². The molecular formula is C13H12N4O3. The van der Waals surface area contributed by atoms with Crippen LogP contribution in [0.15, 0.2) is 40.0 Å². The fourth-order valence-corrected chi connectivity index (χ4v) is 1.85. The summed E-state index contributed by atoms with van der Waals surface area (Å²) in [6, 6.07) is 9.64. The van der Waals surface area contributed by atoms with Gasteiger partial charge in [0.1, 0.15) is 0 Å². The molecule has 20 heavy (non-hydrogen) atoms. The Balaban J connectivity index is 1.62. The minimum absolute atomic E-state index is 0.0595.